The molecule has 1 aliphatic heterocycles. The molecule has 1 N–H and O–H groups in total. The molecule has 1 aromatic carbocycles. The van der Waals surface area contributed by atoms with E-state index in [4.69, 9.17) is 4.74 Å². The average molecular weight is 266 g/mol. The fourth-order valence-corrected chi connectivity index (χ4v) is 2.24. The third-order valence-electron chi connectivity index (χ3n) is 3.33. The van der Waals surface area contributed by atoms with Crippen molar-refractivity contribution < 1.29 is 13.9 Å². The third kappa shape index (κ3) is 3.67. The highest BCUT2D eigenvalue weighted by atomic mass is 19.1. The summed E-state index contributed by atoms with van der Waals surface area (Å²) in [6, 6.07) is 4.24. The molecule has 0 spiro atoms. The lowest BCUT2D eigenvalue weighted by molar-refractivity contribution is 0.0945. The first kappa shape index (κ1) is 13.8. The van der Waals surface area contributed by atoms with Crippen LogP contribution >= 0.6 is 0 Å². The van der Waals surface area contributed by atoms with Gasteiger partial charge in [-0.05, 0) is 38.1 Å². The lowest BCUT2D eigenvalue weighted by Crippen LogP contribution is -2.33. The van der Waals surface area contributed by atoms with Gasteiger partial charge >= 0.3 is 0 Å². The van der Waals surface area contributed by atoms with E-state index in [1.165, 1.54) is 32.1 Å². The van der Waals surface area contributed by atoms with Gasteiger partial charge in [0.15, 0.2) is 0 Å². The predicted octanol–water partition coefficient (Wildman–Crippen LogP) is 1.66. The van der Waals surface area contributed by atoms with Crippen molar-refractivity contribution in [1.82, 2.24) is 10.2 Å². The minimum atomic E-state index is -0.557. The number of benzene rings is 1. The standard InChI is InChI=1S/C14H19FN2O2/c1-19-11-4-5-12(13(15)10-11)14(18)16-6-9-17-7-2-3-8-17/h4-5,10H,2-3,6-9H2,1H3,(H,16,18). The quantitative estimate of drug-likeness (QED) is 0.881. The van der Waals surface area contributed by atoms with Crippen LogP contribution in [-0.4, -0.2) is 44.1 Å². The van der Waals surface area contributed by atoms with Gasteiger partial charge in [0.1, 0.15) is 11.6 Å². The molecule has 1 aromatic rings. The summed E-state index contributed by atoms with van der Waals surface area (Å²) >= 11 is 0. The number of methoxy groups -OCH3 is 1. The SMILES string of the molecule is COc1ccc(C(=O)NCCN2CCCC2)c(F)c1. The van der Waals surface area contributed by atoms with Gasteiger partial charge in [0.2, 0.25) is 0 Å². The summed E-state index contributed by atoms with van der Waals surface area (Å²) in [5.41, 5.74) is 0.0576. The van der Waals surface area contributed by atoms with E-state index in [0.717, 1.165) is 19.6 Å². The zero-order valence-electron chi connectivity index (χ0n) is 11.1. The maximum atomic E-state index is 13.7. The molecule has 19 heavy (non-hydrogen) atoms. The van der Waals surface area contributed by atoms with E-state index in [2.05, 4.69) is 10.2 Å². The molecule has 0 bridgehead atoms. The molecule has 0 radical (unpaired) electrons. The number of nitrogens with zero attached hydrogens (tertiary/aromatic N) is 1. The summed E-state index contributed by atoms with van der Waals surface area (Å²) < 4.78 is 18.6. The predicted molar refractivity (Wildman–Crippen MR) is 71.0 cm³/mol. The Morgan fingerprint density at radius 1 is 1.42 bits per heavy atom. The first-order valence-corrected chi connectivity index (χ1v) is 6.55. The number of ether oxygens (including phenoxy) is 1. The molecule has 0 aliphatic carbocycles. The number of nitrogens with one attached hydrogen (secondary N) is 1. The number of rotatable bonds is 5. The Morgan fingerprint density at radius 2 is 2.16 bits per heavy atom. The van der Waals surface area contributed by atoms with Crippen LogP contribution in [-0.2, 0) is 0 Å². The molecular formula is C14H19FN2O2. The van der Waals surface area contributed by atoms with Gasteiger partial charge in [0.25, 0.3) is 5.91 Å². The lowest BCUT2D eigenvalue weighted by atomic mass is 10.2. The van der Waals surface area contributed by atoms with Crippen LogP contribution in [0, 0.1) is 5.82 Å². The monoisotopic (exact) mass is 266 g/mol. The van der Waals surface area contributed by atoms with Crippen LogP contribution < -0.4 is 10.1 Å². The van der Waals surface area contributed by atoms with E-state index in [0.29, 0.717) is 12.3 Å². The van der Waals surface area contributed by atoms with Crippen molar-refractivity contribution in [3.8, 4) is 5.75 Å². The number of carbonyl (C=O) groups is 1. The molecular weight excluding hydrogens is 247 g/mol. The first-order chi connectivity index (χ1) is 9.20. The Bertz CT molecular complexity index is 445. The van der Waals surface area contributed by atoms with Gasteiger partial charge < -0.3 is 15.0 Å². The molecule has 5 heteroatoms. The van der Waals surface area contributed by atoms with Crippen LogP contribution in [0.5, 0.6) is 5.75 Å². The van der Waals surface area contributed by atoms with Crippen molar-refractivity contribution in [2.24, 2.45) is 0 Å². The maximum absolute atomic E-state index is 13.7. The van der Waals surface area contributed by atoms with Crippen LogP contribution in [0.4, 0.5) is 4.39 Å². The summed E-state index contributed by atoms with van der Waals surface area (Å²) in [5, 5.41) is 2.74. The number of hydrogen-bond donors (Lipinski definition) is 1. The first-order valence-electron chi connectivity index (χ1n) is 6.55. The minimum absolute atomic E-state index is 0.0576. The van der Waals surface area contributed by atoms with Crippen molar-refractivity contribution in [3.05, 3.63) is 29.6 Å². The molecule has 1 saturated heterocycles. The van der Waals surface area contributed by atoms with E-state index in [9.17, 15) is 9.18 Å². The van der Waals surface area contributed by atoms with Gasteiger partial charge in [0.05, 0.1) is 12.7 Å². The average Bonchev–Trinajstić information content (AvgIpc) is 2.91. The van der Waals surface area contributed by atoms with E-state index < -0.39 is 5.82 Å². The highest BCUT2D eigenvalue weighted by Crippen LogP contribution is 2.16. The topological polar surface area (TPSA) is 41.6 Å². The Kier molecular flexibility index (Phi) is 4.74. The summed E-state index contributed by atoms with van der Waals surface area (Å²) in [7, 11) is 1.46. The minimum Gasteiger partial charge on any atom is -0.497 e. The summed E-state index contributed by atoms with van der Waals surface area (Å²) in [4.78, 5) is 14.1. The maximum Gasteiger partial charge on any atom is 0.254 e. The molecule has 4 nitrogen and oxygen atoms in total. The van der Waals surface area contributed by atoms with Crippen molar-refractivity contribution in [2.75, 3.05) is 33.3 Å². The molecule has 1 heterocycles. The highest BCUT2D eigenvalue weighted by Gasteiger charge is 2.14. The third-order valence-corrected chi connectivity index (χ3v) is 3.33. The fourth-order valence-electron chi connectivity index (χ4n) is 2.24. The van der Waals surface area contributed by atoms with Gasteiger partial charge in [-0.3, -0.25) is 4.79 Å². The van der Waals surface area contributed by atoms with E-state index in [1.54, 1.807) is 6.07 Å². The molecule has 104 valence electrons. The molecule has 0 aromatic heterocycles. The Labute approximate surface area is 112 Å². The highest BCUT2D eigenvalue weighted by molar-refractivity contribution is 5.94. The molecule has 1 aliphatic rings. The lowest BCUT2D eigenvalue weighted by Gasteiger charge is -2.14. The number of amides is 1. The van der Waals surface area contributed by atoms with Crippen molar-refractivity contribution in [1.29, 1.82) is 0 Å². The van der Waals surface area contributed by atoms with Gasteiger partial charge in [-0.25, -0.2) is 4.39 Å². The zero-order chi connectivity index (χ0) is 13.7. The summed E-state index contributed by atoms with van der Waals surface area (Å²) in [6.45, 7) is 3.55. The molecule has 1 fully saturated rings. The second-order valence-electron chi connectivity index (χ2n) is 4.65. The molecule has 0 saturated carbocycles. The molecule has 0 atom stereocenters. The van der Waals surface area contributed by atoms with Crippen molar-refractivity contribution >= 4 is 5.91 Å². The van der Waals surface area contributed by atoms with Crippen LogP contribution in [0.3, 0.4) is 0 Å². The van der Waals surface area contributed by atoms with Gasteiger partial charge in [0, 0.05) is 19.2 Å². The molecule has 1 amide bonds. The van der Waals surface area contributed by atoms with Crippen molar-refractivity contribution in [2.45, 2.75) is 12.8 Å². The van der Waals surface area contributed by atoms with E-state index in [1.807, 2.05) is 0 Å². The van der Waals surface area contributed by atoms with Crippen molar-refractivity contribution in [3.63, 3.8) is 0 Å². The Balaban J connectivity index is 1.85. The number of likely N-dealkylation sites (tertiary alicyclic amines) is 1. The smallest absolute Gasteiger partial charge is 0.254 e. The number of hydrogen-bond acceptors (Lipinski definition) is 3. The second kappa shape index (κ2) is 6.52. The fraction of sp³-hybridized carbons (Fsp3) is 0.500. The summed E-state index contributed by atoms with van der Waals surface area (Å²) in [6.07, 6.45) is 2.45. The van der Waals surface area contributed by atoms with E-state index in [-0.39, 0.29) is 11.5 Å². The molecule has 0 unspecified atom stereocenters. The normalized spacial score (nSPS) is 15.5. The summed E-state index contributed by atoms with van der Waals surface area (Å²) in [5.74, 6) is -0.525. The van der Waals surface area contributed by atoms with Gasteiger partial charge in [-0.1, -0.05) is 0 Å². The molecule has 2 rings (SSSR count). The van der Waals surface area contributed by atoms with Crippen LogP contribution in [0.15, 0.2) is 18.2 Å². The van der Waals surface area contributed by atoms with Crippen LogP contribution in [0.2, 0.25) is 0 Å². The Morgan fingerprint density at radius 3 is 2.79 bits per heavy atom. The zero-order valence-corrected chi connectivity index (χ0v) is 11.1. The van der Waals surface area contributed by atoms with Gasteiger partial charge in [-0.2, -0.15) is 0 Å². The number of halogens is 1. The van der Waals surface area contributed by atoms with Crippen LogP contribution in [0.25, 0.3) is 0 Å². The van der Waals surface area contributed by atoms with E-state index >= 15 is 0 Å². The Hall–Kier alpha value is -1.62. The van der Waals surface area contributed by atoms with Gasteiger partial charge in [-0.15, -0.1) is 0 Å². The van der Waals surface area contributed by atoms with Crippen LogP contribution in [0.1, 0.15) is 23.2 Å². The number of carbonyl (C=O) groups excluding carboxylic acids is 1. The largest absolute Gasteiger partial charge is 0.497 e. The second-order valence-corrected chi connectivity index (χ2v) is 4.65.